The lowest BCUT2D eigenvalue weighted by atomic mass is 9.95. The zero-order valence-corrected chi connectivity index (χ0v) is 24.0. The highest BCUT2D eigenvalue weighted by atomic mass is 79.9. The first-order chi connectivity index (χ1) is 18.0. The number of sulfonamides is 1. The van der Waals surface area contributed by atoms with Gasteiger partial charge in [0, 0.05) is 36.1 Å². The van der Waals surface area contributed by atoms with E-state index in [1.165, 1.54) is 11.0 Å². The van der Waals surface area contributed by atoms with Crippen molar-refractivity contribution in [1.29, 1.82) is 0 Å². The van der Waals surface area contributed by atoms with Crippen molar-refractivity contribution in [3.63, 3.8) is 0 Å². The zero-order chi connectivity index (χ0) is 27.9. The van der Waals surface area contributed by atoms with Gasteiger partial charge in [0.05, 0.1) is 11.9 Å². The number of benzene rings is 2. The van der Waals surface area contributed by atoms with Gasteiger partial charge in [-0.25, -0.2) is 17.2 Å². The molecule has 0 spiro atoms. The van der Waals surface area contributed by atoms with Gasteiger partial charge in [-0.05, 0) is 56.0 Å². The Kier molecular flexibility index (Phi) is 10.7. The van der Waals surface area contributed by atoms with Gasteiger partial charge in [0.2, 0.25) is 21.8 Å². The van der Waals surface area contributed by atoms with E-state index < -0.39 is 27.7 Å². The molecule has 2 aromatic carbocycles. The second-order valence-corrected chi connectivity index (χ2v) is 12.5. The molecule has 1 N–H and O–H groups in total. The van der Waals surface area contributed by atoms with Gasteiger partial charge in [-0.3, -0.25) is 13.9 Å². The second kappa shape index (κ2) is 13.5. The third kappa shape index (κ3) is 8.49. The van der Waals surface area contributed by atoms with Crippen LogP contribution in [0.15, 0.2) is 46.9 Å². The van der Waals surface area contributed by atoms with E-state index in [0.29, 0.717) is 0 Å². The topological polar surface area (TPSA) is 86.8 Å². The summed E-state index contributed by atoms with van der Waals surface area (Å²) in [5.74, 6) is -2.77. The zero-order valence-electron chi connectivity index (χ0n) is 21.6. The minimum atomic E-state index is -3.81. The van der Waals surface area contributed by atoms with Crippen LogP contribution in [0.2, 0.25) is 0 Å². The van der Waals surface area contributed by atoms with Crippen molar-refractivity contribution in [1.82, 2.24) is 10.2 Å². The summed E-state index contributed by atoms with van der Waals surface area (Å²) in [6.45, 7) is 1.80. The fourth-order valence-corrected chi connectivity index (χ4v) is 5.80. The van der Waals surface area contributed by atoms with E-state index >= 15 is 0 Å². The normalized spacial score (nSPS) is 15.1. The molecule has 11 heteroatoms. The van der Waals surface area contributed by atoms with Crippen LogP contribution in [0.1, 0.15) is 57.4 Å². The molecule has 1 aliphatic carbocycles. The molecule has 0 radical (unpaired) electrons. The second-order valence-electron chi connectivity index (χ2n) is 9.70. The number of halogens is 3. The van der Waals surface area contributed by atoms with E-state index in [1.807, 2.05) is 24.3 Å². The number of nitrogens with one attached hydrogen (secondary N) is 1. The SMILES string of the molecule is C[C@H](C(=O)NC1CCCCC1)N(Cc1ccc(Br)cc1)C(=O)CCCN(c1ccc(F)c(F)c1)S(C)(=O)=O. The van der Waals surface area contributed by atoms with Crippen LogP contribution in [0, 0.1) is 11.6 Å². The molecule has 3 rings (SSSR count). The van der Waals surface area contributed by atoms with Crippen LogP contribution in [-0.4, -0.2) is 50.0 Å². The van der Waals surface area contributed by atoms with Crippen molar-refractivity contribution >= 4 is 43.5 Å². The van der Waals surface area contributed by atoms with Crippen molar-refractivity contribution < 1.29 is 26.8 Å². The Morgan fingerprint density at radius 3 is 2.32 bits per heavy atom. The maximum Gasteiger partial charge on any atom is 0.242 e. The fraction of sp³-hybridized carbons (Fsp3) is 0.481. The van der Waals surface area contributed by atoms with E-state index in [-0.39, 0.29) is 49.5 Å². The van der Waals surface area contributed by atoms with E-state index in [9.17, 15) is 26.8 Å². The van der Waals surface area contributed by atoms with Crippen LogP contribution in [0.5, 0.6) is 0 Å². The quantitative estimate of drug-likeness (QED) is 0.380. The molecule has 1 atom stereocenters. The molecule has 1 fully saturated rings. The minimum absolute atomic E-state index is 0.0224. The van der Waals surface area contributed by atoms with E-state index in [1.54, 1.807) is 6.92 Å². The number of carbonyl (C=O) groups excluding carboxylic acids is 2. The van der Waals surface area contributed by atoms with Gasteiger partial charge in [-0.15, -0.1) is 0 Å². The molecule has 7 nitrogen and oxygen atoms in total. The van der Waals surface area contributed by atoms with Gasteiger partial charge < -0.3 is 10.2 Å². The summed E-state index contributed by atoms with van der Waals surface area (Å²) >= 11 is 3.40. The number of rotatable bonds is 11. The van der Waals surface area contributed by atoms with Crippen LogP contribution in [-0.2, 0) is 26.2 Å². The van der Waals surface area contributed by atoms with Crippen molar-refractivity contribution in [3.05, 3.63) is 64.1 Å². The monoisotopic (exact) mass is 613 g/mol. The Balaban J connectivity index is 1.72. The molecule has 38 heavy (non-hydrogen) atoms. The average molecular weight is 615 g/mol. The average Bonchev–Trinajstić information content (AvgIpc) is 2.87. The van der Waals surface area contributed by atoms with Crippen molar-refractivity contribution in [2.75, 3.05) is 17.1 Å². The van der Waals surface area contributed by atoms with Crippen molar-refractivity contribution in [3.8, 4) is 0 Å². The highest BCUT2D eigenvalue weighted by molar-refractivity contribution is 9.10. The first kappa shape index (κ1) is 30.0. The van der Waals surface area contributed by atoms with Gasteiger partial charge in [-0.1, -0.05) is 47.3 Å². The Labute approximate surface area is 231 Å². The van der Waals surface area contributed by atoms with Crippen LogP contribution in [0.3, 0.4) is 0 Å². The van der Waals surface area contributed by atoms with Gasteiger partial charge in [-0.2, -0.15) is 0 Å². The molecule has 208 valence electrons. The number of hydrogen-bond donors (Lipinski definition) is 1. The predicted molar refractivity (Wildman–Crippen MR) is 147 cm³/mol. The smallest absolute Gasteiger partial charge is 0.242 e. The largest absolute Gasteiger partial charge is 0.352 e. The lowest BCUT2D eigenvalue weighted by Crippen LogP contribution is -2.50. The molecular formula is C27H34BrF2N3O4S. The maximum absolute atomic E-state index is 13.8. The first-order valence-electron chi connectivity index (χ1n) is 12.7. The van der Waals surface area contributed by atoms with Crippen molar-refractivity contribution in [2.24, 2.45) is 0 Å². The van der Waals surface area contributed by atoms with E-state index in [0.717, 1.165) is 64.8 Å². The molecule has 0 heterocycles. The number of carbonyl (C=O) groups is 2. The highest BCUT2D eigenvalue weighted by Crippen LogP contribution is 2.22. The molecule has 0 bridgehead atoms. The number of amides is 2. The lowest BCUT2D eigenvalue weighted by Gasteiger charge is -2.31. The van der Waals surface area contributed by atoms with Crippen LogP contribution in [0.4, 0.5) is 14.5 Å². The lowest BCUT2D eigenvalue weighted by molar-refractivity contribution is -0.141. The summed E-state index contributed by atoms with van der Waals surface area (Å²) in [5.41, 5.74) is 0.823. The summed E-state index contributed by atoms with van der Waals surface area (Å²) < 4.78 is 53.7. The summed E-state index contributed by atoms with van der Waals surface area (Å²) in [5, 5.41) is 3.08. The molecule has 0 saturated heterocycles. The van der Waals surface area contributed by atoms with Crippen LogP contribution < -0.4 is 9.62 Å². The van der Waals surface area contributed by atoms with Gasteiger partial charge in [0.15, 0.2) is 11.6 Å². The summed E-state index contributed by atoms with van der Waals surface area (Å²) in [6, 6.07) is 9.67. The Morgan fingerprint density at radius 1 is 1.05 bits per heavy atom. The molecule has 1 saturated carbocycles. The summed E-state index contributed by atoms with van der Waals surface area (Å²) in [4.78, 5) is 28.0. The Hall–Kier alpha value is -2.53. The fourth-order valence-electron chi connectivity index (χ4n) is 4.58. The third-order valence-corrected chi connectivity index (χ3v) is 8.45. The van der Waals surface area contributed by atoms with Crippen LogP contribution in [0.25, 0.3) is 0 Å². The molecular weight excluding hydrogens is 580 g/mol. The number of nitrogens with zero attached hydrogens (tertiary/aromatic N) is 2. The molecule has 0 unspecified atom stereocenters. The summed E-state index contributed by atoms with van der Waals surface area (Å²) in [7, 11) is -3.81. The van der Waals surface area contributed by atoms with Gasteiger partial charge in [0.1, 0.15) is 6.04 Å². The molecule has 0 aliphatic heterocycles. The molecule has 2 amide bonds. The molecule has 0 aromatic heterocycles. The molecule has 1 aliphatic rings. The predicted octanol–water partition coefficient (Wildman–Crippen LogP) is 5.14. The molecule has 2 aromatic rings. The number of hydrogen-bond acceptors (Lipinski definition) is 4. The minimum Gasteiger partial charge on any atom is -0.352 e. The van der Waals surface area contributed by atoms with E-state index in [2.05, 4.69) is 21.2 Å². The first-order valence-corrected chi connectivity index (χ1v) is 15.4. The summed E-state index contributed by atoms with van der Waals surface area (Å²) in [6.07, 6.45) is 6.19. The third-order valence-electron chi connectivity index (χ3n) is 6.73. The Bertz CT molecular complexity index is 1220. The van der Waals surface area contributed by atoms with Crippen LogP contribution >= 0.6 is 15.9 Å². The standard InChI is InChI=1S/C27H34BrF2N3O4S/c1-19(27(35)31-22-7-4-3-5-8-22)32(18-20-10-12-21(28)13-11-20)26(34)9-6-16-33(38(2,36)37)23-14-15-24(29)25(30)17-23/h10-15,17,19,22H,3-9,16,18H2,1-2H3,(H,31,35)/t19-/m1/s1. The maximum atomic E-state index is 13.8. The number of anilines is 1. The van der Waals surface area contributed by atoms with Gasteiger partial charge >= 0.3 is 0 Å². The van der Waals surface area contributed by atoms with Gasteiger partial charge in [0.25, 0.3) is 0 Å². The Morgan fingerprint density at radius 2 is 1.71 bits per heavy atom. The van der Waals surface area contributed by atoms with Crippen molar-refractivity contribution in [2.45, 2.75) is 70.5 Å². The van der Waals surface area contributed by atoms with E-state index in [4.69, 9.17) is 0 Å². The highest BCUT2D eigenvalue weighted by Gasteiger charge is 2.28.